The monoisotopic (exact) mass is 202 g/mol. The highest BCUT2D eigenvalue weighted by Gasteiger charge is 2.10. The maximum Gasteiger partial charge on any atom is 0.344 e. The topological polar surface area (TPSA) is 26.3 Å². The van der Waals surface area contributed by atoms with Crippen molar-refractivity contribution in [2.75, 3.05) is 12.9 Å². The Balaban J connectivity index is 4.02. The largest absolute Gasteiger partial charge is 0.462 e. The fourth-order valence-electron chi connectivity index (χ4n) is 0.866. The van der Waals surface area contributed by atoms with Crippen LogP contribution in [0.25, 0.3) is 0 Å². The minimum atomic E-state index is -0.180. The SMILES string of the molecule is CCCCOC(=O)C(SC)=C(C)C. The minimum Gasteiger partial charge on any atom is -0.462 e. The Morgan fingerprint density at radius 2 is 2.00 bits per heavy atom. The van der Waals surface area contributed by atoms with Gasteiger partial charge < -0.3 is 4.74 Å². The lowest BCUT2D eigenvalue weighted by Crippen LogP contribution is -2.07. The molecule has 0 aromatic rings. The van der Waals surface area contributed by atoms with Crippen molar-refractivity contribution in [1.29, 1.82) is 0 Å². The molecule has 0 atom stereocenters. The van der Waals surface area contributed by atoms with E-state index in [1.165, 1.54) is 11.8 Å². The molecule has 0 heterocycles. The second-order valence-electron chi connectivity index (χ2n) is 3.02. The molecular formula is C10H18O2S. The van der Waals surface area contributed by atoms with Crippen LogP contribution in [0.4, 0.5) is 0 Å². The van der Waals surface area contributed by atoms with Gasteiger partial charge in [0.2, 0.25) is 0 Å². The molecule has 0 aromatic carbocycles. The highest BCUT2D eigenvalue weighted by atomic mass is 32.2. The van der Waals surface area contributed by atoms with Crippen LogP contribution in [0.2, 0.25) is 0 Å². The second-order valence-corrected chi connectivity index (χ2v) is 3.84. The number of hydrogen-bond donors (Lipinski definition) is 0. The zero-order chi connectivity index (χ0) is 10.3. The van der Waals surface area contributed by atoms with Crippen molar-refractivity contribution in [3.63, 3.8) is 0 Å². The van der Waals surface area contributed by atoms with Gasteiger partial charge in [0, 0.05) is 0 Å². The molecule has 3 heteroatoms. The van der Waals surface area contributed by atoms with E-state index in [4.69, 9.17) is 4.74 Å². The molecule has 0 N–H and O–H groups in total. The zero-order valence-electron chi connectivity index (χ0n) is 8.85. The van der Waals surface area contributed by atoms with Gasteiger partial charge in [0.25, 0.3) is 0 Å². The third-order valence-corrected chi connectivity index (χ3v) is 2.56. The Morgan fingerprint density at radius 1 is 1.38 bits per heavy atom. The Bertz CT molecular complexity index is 193. The van der Waals surface area contributed by atoms with E-state index in [1.54, 1.807) is 0 Å². The molecule has 0 radical (unpaired) electrons. The quantitative estimate of drug-likeness (QED) is 0.389. The van der Waals surface area contributed by atoms with E-state index in [1.807, 2.05) is 20.1 Å². The van der Waals surface area contributed by atoms with Gasteiger partial charge in [-0.05, 0) is 26.5 Å². The second kappa shape index (κ2) is 7.01. The van der Waals surface area contributed by atoms with Crippen LogP contribution in [0.1, 0.15) is 33.6 Å². The van der Waals surface area contributed by atoms with Gasteiger partial charge in [-0.15, -0.1) is 11.8 Å². The van der Waals surface area contributed by atoms with Gasteiger partial charge >= 0.3 is 5.97 Å². The maximum atomic E-state index is 11.4. The predicted octanol–water partition coefficient (Wildman–Crippen LogP) is 2.99. The van der Waals surface area contributed by atoms with Crippen molar-refractivity contribution in [2.45, 2.75) is 33.6 Å². The summed E-state index contributed by atoms with van der Waals surface area (Å²) in [4.78, 5) is 12.1. The lowest BCUT2D eigenvalue weighted by molar-refractivity contribution is -0.138. The van der Waals surface area contributed by atoms with E-state index in [9.17, 15) is 4.79 Å². The van der Waals surface area contributed by atoms with Gasteiger partial charge in [0.15, 0.2) is 0 Å². The molecule has 0 aliphatic heterocycles. The van der Waals surface area contributed by atoms with Crippen molar-refractivity contribution in [3.05, 3.63) is 10.5 Å². The molecule has 2 nitrogen and oxygen atoms in total. The summed E-state index contributed by atoms with van der Waals surface area (Å²) in [6.45, 7) is 6.46. The summed E-state index contributed by atoms with van der Waals surface area (Å²) in [5.74, 6) is -0.180. The zero-order valence-corrected chi connectivity index (χ0v) is 9.66. The first kappa shape index (κ1) is 12.6. The molecule has 0 spiro atoms. The normalized spacial score (nSPS) is 9.54. The van der Waals surface area contributed by atoms with E-state index in [2.05, 4.69) is 6.92 Å². The summed E-state index contributed by atoms with van der Waals surface area (Å²) in [5, 5.41) is 0. The molecule has 0 aliphatic carbocycles. The number of carbonyl (C=O) groups is 1. The first-order valence-electron chi connectivity index (χ1n) is 4.52. The lowest BCUT2D eigenvalue weighted by Gasteiger charge is -2.06. The van der Waals surface area contributed by atoms with Crippen LogP contribution in [-0.2, 0) is 9.53 Å². The van der Waals surface area contributed by atoms with Crippen molar-refractivity contribution >= 4 is 17.7 Å². The Morgan fingerprint density at radius 3 is 2.38 bits per heavy atom. The standard InChI is InChI=1S/C10H18O2S/c1-5-6-7-12-10(11)9(13-4)8(2)3/h5-7H2,1-4H3. The molecule has 0 unspecified atom stereocenters. The summed E-state index contributed by atoms with van der Waals surface area (Å²) >= 11 is 1.45. The third-order valence-electron chi connectivity index (χ3n) is 1.57. The van der Waals surface area contributed by atoms with E-state index in [-0.39, 0.29) is 5.97 Å². The smallest absolute Gasteiger partial charge is 0.344 e. The number of thioether (sulfide) groups is 1. The van der Waals surface area contributed by atoms with Gasteiger partial charge in [0.1, 0.15) is 0 Å². The average molecular weight is 202 g/mol. The van der Waals surface area contributed by atoms with Crippen molar-refractivity contribution in [2.24, 2.45) is 0 Å². The minimum absolute atomic E-state index is 0.180. The van der Waals surface area contributed by atoms with E-state index in [0.717, 1.165) is 23.3 Å². The van der Waals surface area contributed by atoms with Crippen LogP contribution in [-0.4, -0.2) is 18.8 Å². The molecule has 0 fully saturated rings. The molecule has 0 amide bonds. The van der Waals surface area contributed by atoms with E-state index < -0.39 is 0 Å². The fraction of sp³-hybridized carbons (Fsp3) is 0.700. The van der Waals surface area contributed by atoms with Gasteiger partial charge in [-0.3, -0.25) is 0 Å². The van der Waals surface area contributed by atoms with Crippen LogP contribution in [0.15, 0.2) is 10.5 Å². The summed E-state index contributed by atoms with van der Waals surface area (Å²) in [7, 11) is 0. The Kier molecular flexibility index (Phi) is 6.77. The third kappa shape index (κ3) is 4.98. The van der Waals surface area contributed by atoms with Gasteiger partial charge in [-0.2, -0.15) is 0 Å². The molecule has 76 valence electrons. The number of ether oxygens (including phenoxy) is 1. The molecule has 0 rings (SSSR count). The number of esters is 1. The lowest BCUT2D eigenvalue weighted by atomic mass is 10.3. The molecule has 0 saturated carbocycles. The highest BCUT2D eigenvalue weighted by Crippen LogP contribution is 2.18. The molecule has 0 bridgehead atoms. The molecule has 0 saturated heterocycles. The van der Waals surface area contributed by atoms with Crippen LogP contribution < -0.4 is 0 Å². The van der Waals surface area contributed by atoms with Gasteiger partial charge in [-0.25, -0.2) is 4.79 Å². The van der Waals surface area contributed by atoms with Crippen molar-refractivity contribution in [3.8, 4) is 0 Å². The summed E-state index contributed by atoms with van der Waals surface area (Å²) in [6.07, 6.45) is 3.89. The van der Waals surface area contributed by atoms with Crippen LogP contribution >= 0.6 is 11.8 Å². The highest BCUT2D eigenvalue weighted by molar-refractivity contribution is 8.03. The first-order valence-corrected chi connectivity index (χ1v) is 5.74. The predicted molar refractivity (Wildman–Crippen MR) is 57.8 cm³/mol. The number of hydrogen-bond acceptors (Lipinski definition) is 3. The van der Waals surface area contributed by atoms with E-state index >= 15 is 0 Å². The number of unbranched alkanes of at least 4 members (excludes halogenated alkanes) is 1. The fourth-order valence-corrected chi connectivity index (χ4v) is 1.50. The van der Waals surface area contributed by atoms with E-state index in [0.29, 0.717) is 6.61 Å². The maximum absolute atomic E-state index is 11.4. The molecule has 13 heavy (non-hydrogen) atoms. The number of allylic oxidation sites excluding steroid dienone is 1. The summed E-state index contributed by atoms with van der Waals surface area (Å²) in [5.41, 5.74) is 1.02. The first-order chi connectivity index (χ1) is 6.13. The molecule has 0 aromatic heterocycles. The summed E-state index contributed by atoms with van der Waals surface area (Å²) in [6, 6.07) is 0. The van der Waals surface area contributed by atoms with Crippen LogP contribution in [0.3, 0.4) is 0 Å². The van der Waals surface area contributed by atoms with Crippen LogP contribution in [0, 0.1) is 0 Å². The van der Waals surface area contributed by atoms with Crippen molar-refractivity contribution < 1.29 is 9.53 Å². The molecular weight excluding hydrogens is 184 g/mol. The Labute approximate surface area is 84.7 Å². The number of rotatable bonds is 5. The average Bonchev–Trinajstić information content (AvgIpc) is 2.05. The Hall–Kier alpha value is -0.440. The molecule has 0 aliphatic rings. The van der Waals surface area contributed by atoms with Gasteiger partial charge in [0.05, 0.1) is 11.5 Å². The van der Waals surface area contributed by atoms with Crippen molar-refractivity contribution in [1.82, 2.24) is 0 Å². The number of carbonyl (C=O) groups excluding carboxylic acids is 1. The van der Waals surface area contributed by atoms with Crippen LogP contribution in [0.5, 0.6) is 0 Å². The van der Waals surface area contributed by atoms with Gasteiger partial charge in [-0.1, -0.05) is 18.9 Å². The summed E-state index contributed by atoms with van der Waals surface area (Å²) < 4.78 is 5.08.